The van der Waals surface area contributed by atoms with Crippen LogP contribution in [0.1, 0.15) is 0 Å². The van der Waals surface area contributed by atoms with Crippen LogP contribution in [0.2, 0.25) is 0 Å². The molecule has 0 aromatic carbocycles. The molecule has 1 aromatic heterocycles. The van der Waals surface area contributed by atoms with E-state index in [0.717, 1.165) is 0 Å². The summed E-state index contributed by atoms with van der Waals surface area (Å²) in [6.45, 7) is -0.708. The van der Waals surface area contributed by atoms with E-state index in [9.17, 15) is 9.18 Å². The molecule has 0 saturated heterocycles. The average molecular weight is 142 g/mol. The van der Waals surface area contributed by atoms with Gasteiger partial charge in [-0.3, -0.25) is 4.98 Å². The standard InChI is InChI=1S/C5H6FN3O/c6-3-8-4-1-2-7-5(10)9-4/h1-2H,3H2,(H2,7,8,9,10)/i6-1. The minimum Gasteiger partial charge on any atom is -0.345 e. The van der Waals surface area contributed by atoms with Gasteiger partial charge >= 0.3 is 5.69 Å². The van der Waals surface area contributed by atoms with Gasteiger partial charge in [-0.1, -0.05) is 0 Å². The number of alkyl halides is 1. The first-order valence-electron chi connectivity index (χ1n) is 2.68. The fourth-order valence-electron chi connectivity index (χ4n) is 0.544. The third kappa shape index (κ3) is 1.54. The maximum atomic E-state index is 11.6. The number of aromatic nitrogens is 2. The monoisotopic (exact) mass is 142 g/mol. The number of hydrogen-bond acceptors (Lipinski definition) is 3. The molecular formula is C5H6FN3O. The molecule has 1 aromatic rings. The molecule has 1 heterocycles. The Kier molecular flexibility index (Phi) is 1.99. The summed E-state index contributed by atoms with van der Waals surface area (Å²) in [7, 11) is 0. The van der Waals surface area contributed by atoms with Gasteiger partial charge in [0.1, 0.15) is 5.82 Å². The molecule has 0 saturated carbocycles. The minimum absolute atomic E-state index is 0.336. The Morgan fingerprint density at radius 2 is 2.60 bits per heavy atom. The lowest BCUT2D eigenvalue weighted by atomic mass is 10.6. The number of hydrogen-bond donors (Lipinski definition) is 2. The second-order valence-corrected chi connectivity index (χ2v) is 1.60. The van der Waals surface area contributed by atoms with Crippen LogP contribution in [0.3, 0.4) is 0 Å². The zero-order chi connectivity index (χ0) is 7.40. The van der Waals surface area contributed by atoms with Crippen LogP contribution >= 0.6 is 0 Å². The van der Waals surface area contributed by atoms with E-state index in [2.05, 4.69) is 15.3 Å². The lowest BCUT2D eigenvalue weighted by Gasteiger charge is -1.96. The van der Waals surface area contributed by atoms with Gasteiger partial charge in [0.05, 0.1) is 0 Å². The fraction of sp³-hybridized carbons (Fsp3) is 0.200. The van der Waals surface area contributed by atoms with E-state index >= 15 is 0 Å². The number of anilines is 1. The van der Waals surface area contributed by atoms with Gasteiger partial charge in [0.15, 0.2) is 6.80 Å². The number of nitrogens with one attached hydrogen (secondary N) is 2. The molecule has 0 bridgehead atoms. The summed E-state index contributed by atoms with van der Waals surface area (Å²) in [5, 5.41) is 2.29. The zero-order valence-electron chi connectivity index (χ0n) is 5.10. The van der Waals surface area contributed by atoms with Gasteiger partial charge in [-0.05, 0) is 6.07 Å². The van der Waals surface area contributed by atoms with Crippen LogP contribution in [0.4, 0.5) is 10.2 Å². The van der Waals surface area contributed by atoms with Gasteiger partial charge in [0, 0.05) is 6.20 Å². The molecule has 2 N–H and O–H groups in total. The quantitative estimate of drug-likeness (QED) is 0.576. The van der Waals surface area contributed by atoms with Crippen molar-refractivity contribution in [3.05, 3.63) is 22.7 Å². The number of halogens is 1. The summed E-state index contributed by atoms with van der Waals surface area (Å²) < 4.78 is 11.6. The maximum Gasteiger partial charge on any atom is 0.346 e. The molecule has 5 heteroatoms. The van der Waals surface area contributed by atoms with E-state index in [1.165, 1.54) is 12.3 Å². The number of nitrogens with zero attached hydrogens (tertiary/aromatic N) is 1. The van der Waals surface area contributed by atoms with Crippen molar-refractivity contribution in [3.63, 3.8) is 0 Å². The smallest absolute Gasteiger partial charge is 0.345 e. The van der Waals surface area contributed by atoms with E-state index in [0.29, 0.717) is 5.82 Å². The third-order valence-corrected chi connectivity index (χ3v) is 0.932. The fourth-order valence-corrected chi connectivity index (χ4v) is 0.544. The van der Waals surface area contributed by atoms with Crippen LogP contribution < -0.4 is 11.0 Å². The Morgan fingerprint density at radius 1 is 1.80 bits per heavy atom. The predicted octanol–water partition coefficient (Wildman–Crippen LogP) is 0.109. The molecule has 10 heavy (non-hydrogen) atoms. The number of H-pyrrole nitrogens is 1. The Balaban J connectivity index is 2.85. The minimum atomic E-state index is -0.708. The SMILES string of the molecule is O=c1nccc(NC[18F])[nH]1. The Labute approximate surface area is 56.1 Å². The van der Waals surface area contributed by atoms with Crippen molar-refractivity contribution < 1.29 is 4.39 Å². The van der Waals surface area contributed by atoms with E-state index in [1.54, 1.807) is 0 Å². The molecule has 0 atom stereocenters. The largest absolute Gasteiger partial charge is 0.346 e. The molecule has 0 fully saturated rings. The van der Waals surface area contributed by atoms with Crippen LogP contribution in [-0.4, -0.2) is 16.8 Å². The molecular weight excluding hydrogens is 136 g/mol. The second kappa shape index (κ2) is 2.95. The molecule has 0 spiro atoms. The van der Waals surface area contributed by atoms with Gasteiger partial charge < -0.3 is 5.32 Å². The van der Waals surface area contributed by atoms with Crippen LogP contribution in [-0.2, 0) is 0 Å². The Bertz CT molecular complexity index is 259. The molecule has 0 aliphatic rings. The molecule has 0 aliphatic heterocycles. The highest BCUT2D eigenvalue weighted by Gasteiger charge is 1.88. The molecule has 54 valence electrons. The topological polar surface area (TPSA) is 57.8 Å². The van der Waals surface area contributed by atoms with Crippen molar-refractivity contribution >= 4 is 5.82 Å². The lowest BCUT2D eigenvalue weighted by Crippen LogP contribution is -2.11. The first-order valence-corrected chi connectivity index (χ1v) is 2.68. The van der Waals surface area contributed by atoms with Gasteiger partial charge in [0.25, 0.3) is 0 Å². The highest BCUT2D eigenvalue weighted by molar-refractivity contribution is 5.30. The van der Waals surface area contributed by atoms with Crippen molar-refractivity contribution in [2.24, 2.45) is 0 Å². The van der Waals surface area contributed by atoms with Crippen molar-refractivity contribution in [2.45, 2.75) is 0 Å². The lowest BCUT2D eigenvalue weighted by molar-refractivity contribution is 0.535. The van der Waals surface area contributed by atoms with Crippen molar-refractivity contribution in [3.8, 4) is 0 Å². The third-order valence-electron chi connectivity index (χ3n) is 0.932. The van der Waals surface area contributed by atoms with Crippen LogP contribution in [0.5, 0.6) is 0 Å². The summed E-state index contributed by atoms with van der Waals surface area (Å²) in [5.74, 6) is 0.336. The van der Waals surface area contributed by atoms with Crippen molar-refractivity contribution in [1.82, 2.24) is 9.97 Å². The summed E-state index contributed by atoms with van der Waals surface area (Å²) in [5.41, 5.74) is -0.488. The number of aromatic amines is 1. The summed E-state index contributed by atoms with van der Waals surface area (Å²) in [6, 6.07) is 1.47. The summed E-state index contributed by atoms with van der Waals surface area (Å²) in [6.07, 6.45) is 1.30. The normalized spacial score (nSPS) is 9.30. The van der Waals surface area contributed by atoms with Gasteiger partial charge in [0.2, 0.25) is 0 Å². The van der Waals surface area contributed by atoms with E-state index in [1.807, 2.05) is 0 Å². The van der Waals surface area contributed by atoms with Crippen LogP contribution in [0.25, 0.3) is 0 Å². The molecule has 0 amide bonds. The Morgan fingerprint density at radius 3 is 3.20 bits per heavy atom. The van der Waals surface area contributed by atoms with E-state index in [-0.39, 0.29) is 0 Å². The molecule has 0 unspecified atom stereocenters. The van der Waals surface area contributed by atoms with Gasteiger partial charge in [-0.25, -0.2) is 14.2 Å². The molecule has 4 nitrogen and oxygen atoms in total. The average Bonchev–Trinajstić information content (AvgIpc) is 1.88. The molecule has 1 rings (SSSR count). The van der Waals surface area contributed by atoms with Crippen molar-refractivity contribution in [2.75, 3.05) is 12.1 Å². The molecule has 0 aliphatic carbocycles. The predicted molar refractivity (Wildman–Crippen MR) is 34.5 cm³/mol. The van der Waals surface area contributed by atoms with Gasteiger partial charge in [-0.2, -0.15) is 0 Å². The number of rotatable bonds is 2. The van der Waals surface area contributed by atoms with Crippen LogP contribution in [0.15, 0.2) is 17.1 Å². The first-order chi connectivity index (χ1) is 4.83. The zero-order valence-corrected chi connectivity index (χ0v) is 5.10. The van der Waals surface area contributed by atoms with Crippen LogP contribution in [0, 0.1) is 0 Å². The summed E-state index contributed by atoms with van der Waals surface area (Å²) in [4.78, 5) is 16.1. The maximum absolute atomic E-state index is 11.6. The van der Waals surface area contributed by atoms with E-state index in [4.69, 9.17) is 0 Å². The highest BCUT2D eigenvalue weighted by atomic mass is 18.2. The first kappa shape index (κ1) is 6.73. The van der Waals surface area contributed by atoms with Crippen molar-refractivity contribution in [1.29, 1.82) is 0 Å². The Hall–Kier alpha value is -1.39. The van der Waals surface area contributed by atoms with Gasteiger partial charge in [-0.15, -0.1) is 0 Å². The van der Waals surface area contributed by atoms with E-state index < -0.39 is 12.5 Å². The molecule has 0 radical (unpaired) electrons. The second-order valence-electron chi connectivity index (χ2n) is 1.60. The summed E-state index contributed by atoms with van der Waals surface area (Å²) >= 11 is 0. The highest BCUT2D eigenvalue weighted by Crippen LogP contribution is 1.93.